The lowest BCUT2D eigenvalue weighted by Crippen LogP contribution is -2.22. The van der Waals surface area contributed by atoms with E-state index in [0.29, 0.717) is 28.1 Å². The largest absolute Gasteiger partial charge is 0.462 e. The molecule has 0 unspecified atom stereocenters. The van der Waals surface area contributed by atoms with Crippen molar-refractivity contribution in [3.05, 3.63) is 45.3 Å². The highest BCUT2D eigenvalue weighted by atomic mass is 35.5. The smallest absolute Gasteiger partial charge is 0.341 e. The van der Waals surface area contributed by atoms with Gasteiger partial charge >= 0.3 is 5.97 Å². The number of amides is 1. The van der Waals surface area contributed by atoms with Gasteiger partial charge in [0.15, 0.2) is 0 Å². The fraction of sp³-hybridized carbons (Fsp3) is 0.400. The minimum absolute atomic E-state index is 0.100. The Labute approximate surface area is 168 Å². The summed E-state index contributed by atoms with van der Waals surface area (Å²) in [4.78, 5) is 26.1. The summed E-state index contributed by atoms with van der Waals surface area (Å²) in [6, 6.07) is 7.14. The van der Waals surface area contributed by atoms with Crippen LogP contribution < -0.4 is 10.6 Å². The Morgan fingerprint density at radius 1 is 1.30 bits per heavy atom. The fourth-order valence-electron chi connectivity index (χ4n) is 3.18. The van der Waals surface area contributed by atoms with E-state index in [1.54, 1.807) is 19.1 Å². The Kier molecular flexibility index (Phi) is 6.39. The number of benzene rings is 1. The van der Waals surface area contributed by atoms with Crippen LogP contribution in [0.3, 0.4) is 0 Å². The van der Waals surface area contributed by atoms with Crippen molar-refractivity contribution in [1.82, 2.24) is 0 Å². The Bertz CT molecular complexity index is 832. The fourth-order valence-corrected chi connectivity index (χ4v) is 4.72. The summed E-state index contributed by atoms with van der Waals surface area (Å²) in [5, 5.41) is 7.18. The number of hydrogen-bond donors (Lipinski definition) is 2. The van der Waals surface area contributed by atoms with Crippen LogP contribution in [-0.2, 0) is 22.4 Å². The maximum absolute atomic E-state index is 12.5. The lowest BCUT2D eigenvalue weighted by Gasteiger charge is -2.18. The Hall–Kier alpha value is -2.05. The molecule has 1 aromatic carbocycles. The standard InChI is InChI=1S/C20H23ClN2O3S/c1-3-26-20(25)18-15-9-4-12(2)10-16(15)27-19(18)23-17(24)11-22-14-7-5-13(21)6-8-14/h5-8,12,22H,3-4,9-11H2,1-2H3,(H,23,24)/t12-/m1/s1. The molecule has 1 amide bonds. The molecule has 1 heterocycles. The molecular weight excluding hydrogens is 384 g/mol. The average Bonchev–Trinajstić information content (AvgIpc) is 2.98. The third kappa shape index (κ3) is 4.82. The molecule has 1 aliphatic rings. The van der Waals surface area contributed by atoms with Crippen LogP contribution in [0.2, 0.25) is 5.02 Å². The molecule has 0 aliphatic heterocycles. The summed E-state index contributed by atoms with van der Waals surface area (Å²) < 4.78 is 5.23. The third-order valence-electron chi connectivity index (χ3n) is 4.54. The first-order chi connectivity index (χ1) is 13.0. The average molecular weight is 407 g/mol. The summed E-state index contributed by atoms with van der Waals surface area (Å²) in [5.74, 6) is 0.0222. The monoisotopic (exact) mass is 406 g/mol. The zero-order valence-corrected chi connectivity index (χ0v) is 17.0. The number of nitrogens with one attached hydrogen (secondary N) is 2. The van der Waals surface area contributed by atoms with Gasteiger partial charge in [0.05, 0.1) is 18.7 Å². The van der Waals surface area contributed by atoms with Gasteiger partial charge < -0.3 is 15.4 Å². The molecule has 1 aliphatic carbocycles. The number of halogens is 1. The third-order valence-corrected chi connectivity index (χ3v) is 5.96. The Balaban J connectivity index is 1.73. The van der Waals surface area contributed by atoms with Crippen molar-refractivity contribution in [3.63, 3.8) is 0 Å². The molecule has 5 nitrogen and oxygen atoms in total. The van der Waals surface area contributed by atoms with Crippen LogP contribution in [0.1, 0.15) is 41.1 Å². The zero-order valence-electron chi connectivity index (χ0n) is 15.4. The quantitative estimate of drug-likeness (QED) is 0.679. The maximum Gasteiger partial charge on any atom is 0.341 e. The van der Waals surface area contributed by atoms with Crippen molar-refractivity contribution < 1.29 is 14.3 Å². The number of thiophene rings is 1. The second-order valence-corrected chi connectivity index (χ2v) is 8.23. The topological polar surface area (TPSA) is 67.4 Å². The van der Waals surface area contributed by atoms with E-state index in [9.17, 15) is 9.59 Å². The van der Waals surface area contributed by atoms with E-state index in [-0.39, 0.29) is 18.4 Å². The second kappa shape index (κ2) is 8.76. The predicted molar refractivity (Wildman–Crippen MR) is 110 cm³/mol. The highest BCUT2D eigenvalue weighted by Crippen LogP contribution is 2.40. The van der Waals surface area contributed by atoms with Crippen molar-refractivity contribution in [3.8, 4) is 0 Å². The lowest BCUT2D eigenvalue weighted by molar-refractivity contribution is -0.114. The normalized spacial score (nSPS) is 15.7. The van der Waals surface area contributed by atoms with E-state index in [1.807, 2.05) is 12.1 Å². The van der Waals surface area contributed by atoms with Crippen LogP contribution in [0.25, 0.3) is 0 Å². The minimum Gasteiger partial charge on any atom is -0.462 e. The van der Waals surface area contributed by atoms with E-state index < -0.39 is 0 Å². The van der Waals surface area contributed by atoms with Gasteiger partial charge in [-0.05, 0) is 61.9 Å². The van der Waals surface area contributed by atoms with Gasteiger partial charge in [-0.2, -0.15) is 0 Å². The summed E-state index contributed by atoms with van der Waals surface area (Å²) >= 11 is 7.36. The number of fused-ring (bicyclic) bond motifs is 1. The van der Waals surface area contributed by atoms with E-state index in [4.69, 9.17) is 16.3 Å². The molecule has 27 heavy (non-hydrogen) atoms. The number of ether oxygens (including phenoxy) is 1. The van der Waals surface area contributed by atoms with Crippen LogP contribution in [0.4, 0.5) is 10.7 Å². The molecule has 0 bridgehead atoms. The summed E-state index contributed by atoms with van der Waals surface area (Å²) in [7, 11) is 0. The summed E-state index contributed by atoms with van der Waals surface area (Å²) in [5.41, 5.74) is 2.38. The van der Waals surface area contributed by atoms with Crippen LogP contribution in [-0.4, -0.2) is 25.0 Å². The molecule has 0 saturated heterocycles. The summed E-state index contributed by atoms with van der Waals surface area (Å²) in [6.07, 6.45) is 2.83. The molecule has 7 heteroatoms. The van der Waals surface area contributed by atoms with Crippen LogP contribution >= 0.6 is 22.9 Å². The maximum atomic E-state index is 12.5. The SMILES string of the molecule is CCOC(=O)c1c(NC(=O)CNc2ccc(Cl)cc2)sc2c1CC[C@@H](C)C2. The highest BCUT2D eigenvalue weighted by molar-refractivity contribution is 7.17. The number of rotatable bonds is 6. The number of hydrogen-bond acceptors (Lipinski definition) is 5. The molecule has 0 spiro atoms. The minimum atomic E-state index is -0.356. The number of carbonyl (C=O) groups excluding carboxylic acids is 2. The van der Waals surface area contributed by atoms with Gasteiger partial charge in [-0.25, -0.2) is 4.79 Å². The van der Waals surface area contributed by atoms with Crippen molar-refractivity contribution in [2.24, 2.45) is 5.92 Å². The molecule has 2 N–H and O–H groups in total. The van der Waals surface area contributed by atoms with Gasteiger partial charge in [0, 0.05) is 15.6 Å². The van der Waals surface area contributed by atoms with Crippen LogP contribution in [0.15, 0.2) is 24.3 Å². The van der Waals surface area contributed by atoms with E-state index in [1.165, 1.54) is 16.2 Å². The molecule has 0 radical (unpaired) electrons. The van der Waals surface area contributed by atoms with Gasteiger partial charge in [0.1, 0.15) is 5.00 Å². The predicted octanol–water partition coefficient (Wildman–Crippen LogP) is 4.75. The highest BCUT2D eigenvalue weighted by Gasteiger charge is 2.29. The summed E-state index contributed by atoms with van der Waals surface area (Å²) in [6.45, 7) is 4.41. The molecule has 0 saturated carbocycles. The van der Waals surface area contributed by atoms with Gasteiger partial charge in [0.2, 0.25) is 5.91 Å². The van der Waals surface area contributed by atoms with Crippen molar-refractivity contribution in [2.45, 2.75) is 33.1 Å². The number of anilines is 2. The van der Waals surface area contributed by atoms with Gasteiger partial charge in [0.25, 0.3) is 0 Å². The molecule has 1 atom stereocenters. The number of esters is 1. The van der Waals surface area contributed by atoms with E-state index in [2.05, 4.69) is 17.6 Å². The van der Waals surface area contributed by atoms with Crippen LogP contribution in [0, 0.1) is 5.92 Å². The van der Waals surface area contributed by atoms with E-state index in [0.717, 1.165) is 30.5 Å². The lowest BCUT2D eigenvalue weighted by atomic mass is 9.88. The van der Waals surface area contributed by atoms with Crippen molar-refractivity contribution in [2.75, 3.05) is 23.8 Å². The first-order valence-corrected chi connectivity index (χ1v) is 10.3. The van der Waals surface area contributed by atoms with Gasteiger partial charge in [-0.1, -0.05) is 18.5 Å². The van der Waals surface area contributed by atoms with Gasteiger partial charge in [-0.15, -0.1) is 11.3 Å². The Morgan fingerprint density at radius 2 is 2.04 bits per heavy atom. The molecule has 0 fully saturated rings. The zero-order chi connectivity index (χ0) is 19.4. The van der Waals surface area contributed by atoms with Crippen molar-refractivity contribution >= 4 is 45.5 Å². The molecule has 1 aromatic heterocycles. The molecule has 3 rings (SSSR count). The molecular formula is C20H23ClN2O3S. The first kappa shape index (κ1) is 19.7. The molecule has 144 valence electrons. The number of carbonyl (C=O) groups is 2. The van der Waals surface area contributed by atoms with Crippen molar-refractivity contribution in [1.29, 1.82) is 0 Å². The second-order valence-electron chi connectivity index (χ2n) is 6.68. The first-order valence-electron chi connectivity index (χ1n) is 9.08. The molecule has 2 aromatic rings. The van der Waals surface area contributed by atoms with E-state index >= 15 is 0 Å². The van der Waals surface area contributed by atoms with Gasteiger partial charge in [-0.3, -0.25) is 4.79 Å². The Morgan fingerprint density at radius 3 is 2.74 bits per heavy atom. The van der Waals surface area contributed by atoms with Crippen LogP contribution in [0.5, 0.6) is 0 Å².